The summed E-state index contributed by atoms with van der Waals surface area (Å²) in [7, 11) is 3.26. The minimum absolute atomic E-state index is 0.0360. The smallest absolute Gasteiger partial charge is 0.220 e. The van der Waals surface area contributed by atoms with Crippen molar-refractivity contribution in [2.75, 3.05) is 20.8 Å². The molecule has 2 aromatic carbocycles. The third-order valence-corrected chi connectivity index (χ3v) is 4.73. The molecule has 0 aliphatic heterocycles. The lowest BCUT2D eigenvalue weighted by atomic mass is 9.87. The second kappa shape index (κ2) is 8.62. The minimum Gasteiger partial charge on any atom is -0.497 e. The van der Waals surface area contributed by atoms with Crippen molar-refractivity contribution in [3.8, 4) is 11.5 Å². The summed E-state index contributed by atoms with van der Waals surface area (Å²) in [5.74, 6) is 1.35. The highest BCUT2D eigenvalue weighted by Gasteiger charge is 2.22. The van der Waals surface area contributed by atoms with Crippen molar-refractivity contribution in [2.24, 2.45) is 0 Å². The maximum atomic E-state index is 12.5. The highest BCUT2D eigenvalue weighted by atomic mass is 16.5. The lowest BCUT2D eigenvalue weighted by molar-refractivity contribution is -0.121. The maximum absolute atomic E-state index is 12.5. The van der Waals surface area contributed by atoms with Gasteiger partial charge in [-0.3, -0.25) is 4.79 Å². The van der Waals surface area contributed by atoms with Gasteiger partial charge in [-0.15, -0.1) is 0 Å². The van der Waals surface area contributed by atoms with Crippen molar-refractivity contribution in [2.45, 2.75) is 25.7 Å². The summed E-state index contributed by atoms with van der Waals surface area (Å²) >= 11 is 0. The van der Waals surface area contributed by atoms with E-state index in [9.17, 15) is 4.79 Å². The number of benzene rings is 2. The molecule has 5 heteroatoms. The molecule has 0 saturated heterocycles. The van der Waals surface area contributed by atoms with Crippen LogP contribution in [0.2, 0.25) is 0 Å². The number of aromatic nitrogens is 1. The first-order valence-electron chi connectivity index (χ1n) is 9.22. The summed E-state index contributed by atoms with van der Waals surface area (Å²) in [5.41, 5.74) is 3.14. The average molecular weight is 366 g/mol. The van der Waals surface area contributed by atoms with Crippen molar-refractivity contribution in [3.05, 3.63) is 59.8 Å². The molecule has 2 N–H and O–H groups in total. The van der Waals surface area contributed by atoms with E-state index in [4.69, 9.17) is 9.47 Å². The molecule has 3 aromatic rings. The molecule has 0 bridgehead atoms. The largest absolute Gasteiger partial charge is 0.497 e. The van der Waals surface area contributed by atoms with Crippen LogP contribution in [0.4, 0.5) is 0 Å². The van der Waals surface area contributed by atoms with Crippen molar-refractivity contribution >= 4 is 16.8 Å². The molecule has 1 heterocycles. The monoisotopic (exact) mass is 366 g/mol. The Labute approximate surface area is 159 Å². The third-order valence-electron chi connectivity index (χ3n) is 4.73. The zero-order chi connectivity index (χ0) is 19.2. The first-order chi connectivity index (χ1) is 13.2. The van der Waals surface area contributed by atoms with Gasteiger partial charge in [-0.1, -0.05) is 25.1 Å². The van der Waals surface area contributed by atoms with Crippen molar-refractivity contribution < 1.29 is 14.3 Å². The molecule has 27 heavy (non-hydrogen) atoms. The molecule has 5 nitrogen and oxygen atoms in total. The number of hydrogen-bond acceptors (Lipinski definition) is 3. The first kappa shape index (κ1) is 18.8. The quantitative estimate of drug-likeness (QED) is 0.627. The molecule has 0 saturated carbocycles. The predicted molar refractivity (Wildman–Crippen MR) is 108 cm³/mol. The van der Waals surface area contributed by atoms with Crippen molar-refractivity contribution in [3.63, 3.8) is 0 Å². The zero-order valence-corrected chi connectivity index (χ0v) is 16.0. The number of methoxy groups -OCH3 is 2. The van der Waals surface area contributed by atoms with Gasteiger partial charge in [0, 0.05) is 42.0 Å². The van der Waals surface area contributed by atoms with Crippen LogP contribution in [0.3, 0.4) is 0 Å². The summed E-state index contributed by atoms with van der Waals surface area (Å²) in [6.07, 6.45) is 3.27. The van der Waals surface area contributed by atoms with Crippen LogP contribution in [-0.4, -0.2) is 31.7 Å². The van der Waals surface area contributed by atoms with E-state index in [2.05, 4.69) is 16.4 Å². The number of hydrogen-bond donors (Lipinski definition) is 2. The van der Waals surface area contributed by atoms with Gasteiger partial charge in [0.25, 0.3) is 0 Å². The Hall–Kier alpha value is -2.95. The lowest BCUT2D eigenvalue weighted by Gasteiger charge is -2.19. The highest BCUT2D eigenvalue weighted by Crippen LogP contribution is 2.36. The van der Waals surface area contributed by atoms with Gasteiger partial charge in [0.2, 0.25) is 5.91 Å². The number of nitrogens with one attached hydrogen (secondary N) is 2. The van der Waals surface area contributed by atoms with Gasteiger partial charge in [-0.2, -0.15) is 0 Å². The molecule has 0 fully saturated rings. The minimum atomic E-state index is -0.109. The van der Waals surface area contributed by atoms with Crippen LogP contribution in [0.5, 0.6) is 11.5 Å². The van der Waals surface area contributed by atoms with Gasteiger partial charge in [0.1, 0.15) is 11.5 Å². The van der Waals surface area contributed by atoms with E-state index in [0.717, 1.165) is 28.5 Å². The third kappa shape index (κ3) is 4.25. The Morgan fingerprint density at radius 3 is 2.48 bits per heavy atom. The number of carbonyl (C=O) groups excluding carboxylic acids is 1. The van der Waals surface area contributed by atoms with E-state index in [1.54, 1.807) is 14.2 Å². The van der Waals surface area contributed by atoms with Crippen LogP contribution in [-0.2, 0) is 4.79 Å². The Bertz CT molecular complexity index is 895. The fourth-order valence-electron chi connectivity index (χ4n) is 3.34. The molecule has 0 aliphatic carbocycles. The summed E-state index contributed by atoms with van der Waals surface area (Å²) in [6.45, 7) is 2.73. The van der Waals surface area contributed by atoms with Crippen molar-refractivity contribution in [1.29, 1.82) is 0 Å². The topological polar surface area (TPSA) is 63.4 Å². The summed E-state index contributed by atoms with van der Waals surface area (Å²) < 4.78 is 10.9. The second-order valence-electron chi connectivity index (χ2n) is 6.54. The fraction of sp³-hybridized carbons (Fsp3) is 0.318. The molecule has 1 atom stereocenters. The van der Waals surface area contributed by atoms with Crippen LogP contribution >= 0.6 is 0 Å². The Morgan fingerprint density at radius 2 is 1.81 bits per heavy atom. The number of H-pyrrole nitrogens is 1. The number of para-hydroxylation sites is 1. The number of rotatable bonds is 8. The molecule has 0 aliphatic rings. The second-order valence-corrected chi connectivity index (χ2v) is 6.54. The van der Waals surface area contributed by atoms with E-state index in [0.29, 0.717) is 24.5 Å². The number of ether oxygens (including phenoxy) is 2. The Morgan fingerprint density at radius 1 is 1.11 bits per heavy atom. The van der Waals surface area contributed by atoms with Gasteiger partial charge in [0.05, 0.1) is 14.2 Å². The Balaban J connectivity index is 2.06. The first-order valence-corrected chi connectivity index (χ1v) is 9.22. The van der Waals surface area contributed by atoms with Crippen LogP contribution in [0.25, 0.3) is 10.9 Å². The maximum Gasteiger partial charge on any atom is 0.220 e. The predicted octanol–water partition coefficient (Wildman–Crippen LogP) is 4.23. The number of aromatic amines is 1. The van der Waals surface area contributed by atoms with E-state index in [1.165, 1.54) is 0 Å². The van der Waals surface area contributed by atoms with Crippen LogP contribution in [0.15, 0.2) is 48.7 Å². The molecule has 1 aromatic heterocycles. The molecule has 1 unspecified atom stereocenters. The molecule has 0 spiro atoms. The highest BCUT2D eigenvalue weighted by molar-refractivity contribution is 5.86. The lowest BCUT2D eigenvalue weighted by Crippen LogP contribution is -2.26. The van der Waals surface area contributed by atoms with Gasteiger partial charge in [-0.05, 0) is 35.7 Å². The molecular weight excluding hydrogens is 340 g/mol. The van der Waals surface area contributed by atoms with E-state index >= 15 is 0 Å². The van der Waals surface area contributed by atoms with Gasteiger partial charge < -0.3 is 19.8 Å². The standard InChI is InChI=1S/C22H26N2O3/c1-4-9-23-22(25)13-19(15-10-16(26-2)12-17(11-15)27-3)20-14-24-21-8-6-5-7-18(20)21/h5-8,10-12,14,19,24H,4,9,13H2,1-3H3,(H,23,25). The normalized spacial score (nSPS) is 12.0. The summed E-state index contributed by atoms with van der Waals surface area (Å²) in [5, 5.41) is 4.11. The van der Waals surface area contributed by atoms with E-state index in [1.807, 2.05) is 49.5 Å². The number of carbonyl (C=O) groups is 1. The fourth-order valence-corrected chi connectivity index (χ4v) is 3.34. The average Bonchev–Trinajstić information content (AvgIpc) is 3.13. The molecule has 3 rings (SSSR count). The SMILES string of the molecule is CCCNC(=O)CC(c1cc(OC)cc(OC)c1)c1c[nH]c2ccccc12. The number of fused-ring (bicyclic) bond motifs is 1. The zero-order valence-electron chi connectivity index (χ0n) is 16.0. The Kier molecular flexibility index (Phi) is 6.01. The molecule has 0 radical (unpaired) electrons. The van der Waals surface area contributed by atoms with E-state index < -0.39 is 0 Å². The molecule has 1 amide bonds. The molecule has 142 valence electrons. The number of amides is 1. The summed E-state index contributed by atoms with van der Waals surface area (Å²) in [4.78, 5) is 15.9. The van der Waals surface area contributed by atoms with Crippen LogP contribution in [0, 0.1) is 0 Å². The van der Waals surface area contributed by atoms with Crippen LogP contribution in [0.1, 0.15) is 36.8 Å². The van der Waals surface area contributed by atoms with Crippen molar-refractivity contribution in [1.82, 2.24) is 10.3 Å². The van der Waals surface area contributed by atoms with Gasteiger partial charge in [-0.25, -0.2) is 0 Å². The summed E-state index contributed by atoms with van der Waals surface area (Å²) in [6, 6.07) is 13.9. The van der Waals surface area contributed by atoms with Gasteiger partial charge in [0.15, 0.2) is 0 Å². The molecular formula is C22H26N2O3. The van der Waals surface area contributed by atoms with E-state index in [-0.39, 0.29) is 11.8 Å². The van der Waals surface area contributed by atoms with Gasteiger partial charge >= 0.3 is 0 Å². The van der Waals surface area contributed by atoms with Crippen LogP contribution < -0.4 is 14.8 Å².